The van der Waals surface area contributed by atoms with Crippen molar-refractivity contribution in [2.24, 2.45) is 0 Å². The molecule has 98 valence electrons. The molecule has 3 fully saturated rings. The summed E-state index contributed by atoms with van der Waals surface area (Å²) in [5, 5.41) is 9.79. The average molecular weight is 239 g/mol. The van der Waals surface area contributed by atoms with Gasteiger partial charge in [-0.15, -0.1) is 0 Å². The molecule has 3 nitrogen and oxygen atoms in total. The van der Waals surface area contributed by atoms with E-state index in [9.17, 15) is 5.11 Å². The lowest BCUT2D eigenvalue weighted by Gasteiger charge is -2.45. The number of piperidine rings is 1. The summed E-state index contributed by atoms with van der Waals surface area (Å²) in [5.41, 5.74) is 0.214. The number of ether oxygens (including phenoxy) is 1. The molecule has 0 bridgehead atoms. The zero-order chi connectivity index (χ0) is 11.7. The van der Waals surface area contributed by atoms with Gasteiger partial charge in [0.15, 0.2) is 0 Å². The summed E-state index contributed by atoms with van der Waals surface area (Å²) in [6.45, 7) is 3.00. The zero-order valence-electron chi connectivity index (χ0n) is 10.7. The average Bonchev–Trinajstić information content (AvgIpc) is 2.77. The fourth-order valence-electron chi connectivity index (χ4n) is 4.00. The molecule has 2 atom stereocenters. The quantitative estimate of drug-likeness (QED) is 0.759. The van der Waals surface area contributed by atoms with Crippen LogP contribution in [0.15, 0.2) is 0 Å². The fraction of sp³-hybridized carbons (Fsp3) is 1.00. The minimum absolute atomic E-state index is 0.0916. The number of β-amino-alcohol motifs (C(OH)–C–C–N with tert-alkyl or cyclic N) is 1. The molecule has 3 aliphatic rings. The predicted octanol–water partition coefficient (Wildman–Crippen LogP) is 1.93. The highest BCUT2D eigenvalue weighted by Crippen LogP contribution is 2.41. The highest BCUT2D eigenvalue weighted by molar-refractivity contribution is 4.95. The Morgan fingerprint density at radius 2 is 1.94 bits per heavy atom. The Morgan fingerprint density at radius 3 is 2.71 bits per heavy atom. The number of nitrogens with zero attached hydrogens (tertiary/aromatic N) is 1. The Kier molecular flexibility index (Phi) is 3.42. The van der Waals surface area contributed by atoms with Crippen LogP contribution in [0.25, 0.3) is 0 Å². The maximum Gasteiger partial charge on any atom is 0.0697 e. The SMILES string of the molecule is O[C@H]1CCCN(C2CCOC3(CCCC3)C2)C1. The van der Waals surface area contributed by atoms with E-state index in [2.05, 4.69) is 4.90 Å². The smallest absolute Gasteiger partial charge is 0.0697 e. The van der Waals surface area contributed by atoms with Crippen molar-refractivity contribution in [2.75, 3.05) is 19.7 Å². The van der Waals surface area contributed by atoms with Gasteiger partial charge in [0.05, 0.1) is 11.7 Å². The monoisotopic (exact) mass is 239 g/mol. The highest BCUT2D eigenvalue weighted by Gasteiger charge is 2.41. The first-order chi connectivity index (χ1) is 8.27. The molecule has 1 unspecified atom stereocenters. The Bertz CT molecular complexity index is 263. The molecule has 2 saturated heterocycles. The van der Waals surface area contributed by atoms with E-state index in [1.807, 2.05) is 0 Å². The highest BCUT2D eigenvalue weighted by atomic mass is 16.5. The third-order valence-electron chi connectivity index (χ3n) is 4.93. The molecular weight excluding hydrogens is 214 g/mol. The summed E-state index contributed by atoms with van der Waals surface area (Å²) in [5.74, 6) is 0. The van der Waals surface area contributed by atoms with Crippen molar-refractivity contribution in [3.63, 3.8) is 0 Å². The van der Waals surface area contributed by atoms with Gasteiger partial charge in [0.1, 0.15) is 0 Å². The first-order valence-electron chi connectivity index (χ1n) is 7.34. The molecule has 0 aromatic heterocycles. The number of aliphatic hydroxyl groups is 1. The molecule has 0 aromatic carbocycles. The van der Waals surface area contributed by atoms with Crippen molar-refractivity contribution in [1.82, 2.24) is 4.90 Å². The standard InChI is InChI=1S/C14H25NO2/c16-13-4-3-8-15(11-13)12-5-9-17-14(10-12)6-1-2-7-14/h12-13,16H,1-11H2/t12?,13-/m0/s1. The molecular formula is C14H25NO2. The van der Waals surface area contributed by atoms with Crippen LogP contribution in [-0.4, -0.2) is 47.4 Å². The van der Waals surface area contributed by atoms with Crippen LogP contribution in [0.3, 0.4) is 0 Å². The molecule has 1 aliphatic carbocycles. The van der Waals surface area contributed by atoms with E-state index in [1.54, 1.807) is 0 Å². The molecule has 1 N–H and O–H groups in total. The van der Waals surface area contributed by atoms with Crippen LogP contribution in [0.5, 0.6) is 0 Å². The summed E-state index contributed by atoms with van der Waals surface area (Å²) in [6.07, 6.45) is 9.64. The van der Waals surface area contributed by atoms with Gasteiger partial charge < -0.3 is 9.84 Å². The fourth-order valence-corrected chi connectivity index (χ4v) is 4.00. The number of hydrogen-bond acceptors (Lipinski definition) is 3. The Morgan fingerprint density at radius 1 is 1.12 bits per heavy atom. The first kappa shape index (κ1) is 11.9. The third kappa shape index (κ3) is 2.51. The second kappa shape index (κ2) is 4.87. The minimum Gasteiger partial charge on any atom is -0.392 e. The second-order valence-electron chi connectivity index (χ2n) is 6.18. The second-order valence-corrected chi connectivity index (χ2v) is 6.18. The van der Waals surface area contributed by atoms with Gasteiger partial charge in [-0.05, 0) is 45.1 Å². The minimum atomic E-state index is -0.0916. The van der Waals surface area contributed by atoms with Gasteiger partial charge in [-0.25, -0.2) is 0 Å². The Balaban J connectivity index is 1.62. The molecule has 17 heavy (non-hydrogen) atoms. The van der Waals surface area contributed by atoms with E-state index in [0.717, 1.165) is 32.4 Å². The summed E-state index contributed by atoms with van der Waals surface area (Å²) < 4.78 is 6.09. The molecule has 0 amide bonds. The van der Waals surface area contributed by atoms with Crippen molar-refractivity contribution < 1.29 is 9.84 Å². The van der Waals surface area contributed by atoms with Crippen LogP contribution in [0.1, 0.15) is 51.4 Å². The Hall–Kier alpha value is -0.120. The first-order valence-corrected chi connectivity index (χ1v) is 7.34. The molecule has 1 spiro atoms. The number of likely N-dealkylation sites (tertiary alicyclic amines) is 1. The van der Waals surface area contributed by atoms with Crippen LogP contribution in [0.4, 0.5) is 0 Å². The van der Waals surface area contributed by atoms with Crippen LogP contribution in [0, 0.1) is 0 Å². The number of hydrogen-bond donors (Lipinski definition) is 1. The van der Waals surface area contributed by atoms with Crippen LogP contribution < -0.4 is 0 Å². The largest absolute Gasteiger partial charge is 0.392 e. The van der Waals surface area contributed by atoms with Crippen molar-refractivity contribution in [3.8, 4) is 0 Å². The van der Waals surface area contributed by atoms with Crippen molar-refractivity contribution in [2.45, 2.75) is 69.1 Å². The van der Waals surface area contributed by atoms with Gasteiger partial charge in [-0.3, -0.25) is 4.90 Å². The maximum absolute atomic E-state index is 9.79. The summed E-state index contributed by atoms with van der Waals surface area (Å²) >= 11 is 0. The molecule has 0 radical (unpaired) electrons. The van der Waals surface area contributed by atoms with Crippen LogP contribution >= 0.6 is 0 Å². The lowest BCUT2D eigenvalue weighted by atomic mass is 9.87. The van der Waals surface area contributed by atoms with Gasteiger partial charge in [0, 0.05) is 19.2 Å². The van der Waals surface area contributed by atoms with Crippen LogP contribution in [0.2, 0.25) is 0 Å². The van der Waals surface area contributed by atoms with E-state index in [-0.39, 0.29) is 11.7 Å². The zero-order valence-corrected chi connectivity index (χ0v) is 10.7. The van der Waals surface area contributed by atoms with Crippen molar-refractivity contribution in [3.05, 3.63) is 0 Å². The molecule has 2 aliphatic heterocycles. The van der Waals surface area contributed by atoms with Gasteiger partial charge in [-0.1, -0.05) is 12.8 Å². The third-order valence-corrected chi connectivity index (χ3v) is 4.93. The lowest BCUT2D eigenvalue weighted by molar-refractivity contribution is -0.108. The van der Waals surface area contributed by atoms with Crippen molar-refractivity contribution >= 4 is 0 Å². The Labute approximate surface area is 104 Å². The van der Waals surface area contributed by atoms with E-state index in [1.165, 1.54) is 38.6 Å². The van der Waals surface area contributed by atoms with Crippen LogP contribution in [-0.2, 0) is 4.74 Å². The summed E-state index contributed by atoms with van der Waals surface area (Å²) in [7, 11) is 0. The number of rotatable bonds is 1. The summed E-state index contributed by atoms with van der Waals surface area (Å²) in [6, 6.07) is 0.664. The number of aliphatic hydroxyl groups excluding tert-OH is 1. The van der Waals surface area contributed by atoms with E-state index in [4.69, 9.17) is 4.74 Å². The van der Waals surface area contributed by atoms with Gasteiger partial charge in [0.2, 0.25) is 0 Å². The van der Waals surface area contributed by atoms with E-state index in [0.29, 0.717) is 6.04 Å². The molecule has 2 heterocycles. The molecule has 3 rings (SSSR count). The van der Waals surface area contributed by atoms with Gasteiger partial charge in [0.25, 0.3) is 0 Å². The van der Waals surface area contributed by atoms with Gasteiger partial charge in [-0.2, -0.15) is 0 Å². The topological polar surface area (TPSA) is 32.7 Å². The molecule has 0 aromatic rings. The van der Waals surface area contributed by atoms with Gasteiger partial charge >= 0.3 is 0 Å². The van der Waals surface area contributed by atoms with E-state index >= 15 is 0 Å². The van der Waals surface area contributed by atoms with E-state index < -0.39 is 0 Å². The predicted molar refractivity (Wildman–Crippen MR) is 67.0 cm³/mol. The summed E-state index contributed by atoms with van der Waals surface area (Å²) in [4.78, 5) is 2.52. The molecule has 3 heteroatoms. The maximum atomic E-state index is 9.79. The normalized spacial score (nSPS) is 38.6. The lowest BCUT2D eigenvalue weighted by Crippen LogP contribution is -2.51. The van der Waals surface area contributed by atoms with Crippen molar-refractivity contribution in [1.29, 1.82) is 0 Å². The molecule has 1 saturated carbocycles.